The minimum Gasteiger partial charge on any atom is -0.293 e. The molecule has 0 N–H and O–H groups in total. The predicted octanol–water partition coefficient (Wildman–Crippen LogP) is 5.91. The second-order valence-corrected chi connectivity index (χ2v) is 9.33. The van der Waals surface area contributed by atoms with E-state index in [0.717, 1.165) is 17.6 Å². The highest BCUT2D eigenvalue weighted by atomic mass is 19.4. The molecule has 2 unspecified atom stereocenters. The van der Waals surface area contributed by atoms with Crippen LogP contribution >= 0.6 is 0 Å². The Kier molecular flexibility index (Phi) is 4.03. The van der Waals surface area contributed by atoms with E-state index in [2.05, 4.69) is 0 Å². The lowest BCUT2D eigenvalue weighted by Gasteiger charge is -2.38. The van der Waals surface area contributed by atoms with Crippen LogP contribution in [0.4, 0.5) is 13.2 Å². The zero-order chi connectivity index (χ0) is 22.3. The summed E-state index contributed by atoms with van der Waals surface area (Å²) < 4.78 is 43.6. The number of carbonyl (C=O) groups excluding carboxylic acids is 2. The number of carbonyl (C=O) groups is 2. The molecule has 0 aromatic rings. The van der Waals surface area contributed by atoms with Gasteiger partial charge in [0.1, 0.15) is 5.57 Å². The summed E-state index contributed by atoms with van der Waals surface area (Å²) in [6.45, 7) is 5.75. The van der Waals surface area contributed by atoms with Crippen LogP contribution < -0.4 is 0 Å². The van der Waals surface area contributed by atoms with E-state index in [1.54, 1.807) is 24.3 Å². The monoisotopic (exact) mass is 424 g/mol. The minimum atomic E-state index is -4.79. The highest BCUT2D eigenvalue weighted by Crippen LogP contribution is 2.82. The van der Waals surface area contributed by atoms with Crippen LogP contribution in [0, 0.1) is 22.7 Å². The first kappa shape index (κ1) is 20.2. The van der Waals surface area contributed by atoms with E-state index >= 15 is 0 Å². The molecule has 0 radical (unpaired) electrons. The molecule has 5 aliphatic carbocycles. The van der Waals surface area contributed by atoms with E-state index in [-0.39, 0.29) is 17.3 Å². The van der Waals surface area contributed by atoms with Crippen LogP contribution in [0.25, 0.3) is 0 Å². The van der Waals surface area contributed by atoms with E-state index in [0.29, 0.717) is 17.6 Å². The average Bonchev–Trinajstić information content (AvgIpc) is 3.29. The van der Waals surface area contributed by atoms with E-state index < -0.39 is 34.3 Å². The fourth-order valence-electron chi connectivity index (χ4n) is 6.39. The molecule has 5 aliphatic rings. The first-order valence-corrected chi connectivity index (χ1v) is 10.6. The molecule has 0 amide bonds. The zero-order valence-electron chi connectivity index (χ0n) is 17.6. The average molecular weight is 424 g/mol. The van der Waals surface area contributed by atoms with Crippen molar-refractivity contribution in [3.8, 4) is 0 Å². The Morgan fingerprint density at radius 3 is 2.52 bits per heavy atom. The van der Waals surface area contributed by atoms with Gasteiger partial charge in [-0.3, -0.25) is 9.59 Å². The standard InChI is InChI=1S/C26H23F3O2/c1-14-7-8-15(2)20(16(3)12-14)21-22(26(27,28)29)23(31)18-6-4-5-10-24(18)19-13-17(30)9-11-25(19,21)24/h4-6,9-13,15,18H,7-8H2,1-3H3/t15?,18?,24-,25-/m0/s1. The van der Waals surface area contributed by atoms with Gasteiger partial charge in [0.15, 0.2) is 11.6 Å². The molecule has 5 heteroatoms. The predicted molar refractivity (Wildman–Crippen MR) is 112 cm³/mol. The summed E-state index contributed by atoms with van der Waals surface area (Å²) in [7, 11) is 0. The van der Waals surface area contributed by atoms with Crippen molar-refractivity contribution in [3.63, 3.8) is 0 Å². The first-order valence-electron chi connectivity index (χ1n) is 10.6. The Balaban J connectivity index is 1.92. The maximum Gasteiger partial charge on any atom is 0.420 e. The van der Waals surface area contributed by atoms with Gasteiger partial charge in [-0.2, -0.15) is 13.2 Å². The van der Waals surface area contributed by atoms with Crippen LogP contribution in [0.2, 0.25) is 0 Å². The number of ketones is 2. The molecule has 0 aromatic carbocycles. The van der Waals surface area contributed by atoms with Crippen LogP contribution in [0.3, 0.4) is 0 Å². The van der Waals surface area contributed by atoms with Crippen LogP contribution in [-0.4, -0.2) is 17.7 Å². The first-order chi connectivity index (χ1) is 14.6. The Bertz CT molecular complexity index is 1150. The number of Topliss-reactive ketones (excluding diaryl/α,β-unsaturated/α-hetero) is 1. The van der Waals surface area contributed by atoms with Gasteiger partial charge in [0.2, 0.25) is 0 Å². The second kappa shape index (κ2) is 6.18. The lowest BCUT2D eigenvalue weighted by atomic mass is 9.63. The van der Waals surface area contributed by atoms with Gasteiger partial charge in [-0.25, -0.2) is 0 Å². The Morgan fingerprint density at radius 1 is 1.06 bits per heavy atom. The lowest BCUT2D eigenvalue weighted by molar-refractivity contribution is -0.134. The molecule has 31 heavy (non-hydrogen) atoms. The molecule has 2 nitrogen and oxygen atoms in total. The number of rotatable bonds is 1. The Labute approximate surface area is 179 Å². The van der Waals surface area contributed by atoms with Crippen LogP contribution in [0.5, 0.6) is 0 Å². The Hall–Kier alpha value is -2.69. The highest BCUT2D eigenvalue weighted by Gasteiger charge is 2.80. The lowest BCUT2D eigenvalue weighted by Crippen LogP contribution is -2.41. The fraction of sp³-hybridized carbons (Fsp3) is 0.385. The number of alkyl halides is 3. The maximum atomic E-state index is 14.5. The largest absolute Gasteiger partial charge is 0.420 e. The molecule has 0 bridgehead atoms. The summed E-state index contributed by atoms with van der Waals surface area (Å²) in [4.78, 5) is 25.7. The topological polar surface area (TPSA) is 34.1 Å². The van der Waals surface area contributed by atoms with Gasteiger partial charge in [0.05, 0.1) is 11.3 Å². The summed E-state index contributed by atoms with van der Waals surface area (Å²) in [6.07, 6.45) is 9.90. The van der Waals surface area contributed by atoms with Crippen molar-refractivity contribution in [1.29, 1.82) is 0 Å². The molecule has 160 valence electrons. The maximum absolute atomic E-state index is 14.5. The van der Waals surface area contributed by atoms with Gasteiger partial charge in [0, 0.05) is 5.41 Å². The molecule has 0 aliphatic heterocycles. The molecule has 5 rings (SSSR count). The second-order valence-electron chi connectivity index (χ2n) is 9.33. The molecule has 0 saturated heterocycles. The highest BCUT2D eigenvalue weighted by molar-refractivity contribution is 6.11. The van der Waals surface area contributed by atoms with Gasteiger partial charge in [-0.1, -0.05) is 49.0 Å². The van der Waals surface area contributed by atoms with Crippen molar-refractivity contribution < 1.29 is 22.8 Å². The summed E-state index contributed by atoms with van der Waals surface area (Å²) in [5, 5.41) is 0. The minimum absolute atomic E-state index is 0.0622. The number of allylic oxidation sites excluding steroid dienone is 14. The summed E-state index contributed by atoms with van der Waals surface area (Å²) in [6, 6.07) is 0. The van der Waals surface area contributed by atoms with Crippen molar-refractivity contribution in [2.45, 2.75) is 39.8 Å². The van der Waals surface area contributed by atoms with Crippen molar-refractivity contribution in [2.24, 2.45) is 22.7 Å². The van der Waals surface area contributed by atoms with E-state index in [9.17, 15) is 22.8 Å². The van der Waals surface area contributed by atoms with E-state index in [1.807, 2.05) is 32.9 Å². The van der Waals surface area contributed by atoms with Gasteiger partial charge in [-0.15, -0.1) is 0 Å². The van der Waals surface area contributed by atoms with Crippen LogP contribution in [0.1, 0.15) is 33.6 Å². The van der Waals surface area contributed by atoms with Gasteiger partial charge < -0.3 is 0 Å². The normalized spacial score (nSPS) is 36.6. The Morgan fingerprint density at radius 2 is 1.81 bits per heavy atom. The molecule has 0 aromatic heterocycles. The van der Waals surface area contributed by atoms with Crippen LogP contribution in [0.15, 0.2) is 82.0 Å². The smallest absolute Gasteiger partial charge is 0.293 e. The molecule has 0 heterocycles. The number of hydrogen-bond acceptors (Lipinski definition) is 2. The summed E-state index contributed by atoms with van der Waals surface area (Å²) >= 11 is 0. The van der Waals surface area contributed by atoms with Crippen molar-refractivity contribution >= 4 is 11.6 Å². The van der Waals surface area contributed by atoms with E-state index in [4.69, 9.17) is 0 Å². The molecule has 1 saturated carbocycles. The van der Waals surface area contributed by atoms with Crippen molar-refractivity contribution in [1.82, 2.24) is 0 Å². The SMILES string of the molecule is CC1=CC(C)=C(C2=C(C(F)(F)F)C(=O)C3C=CC=C[C@@]34C3=CC(=O)C=C[C@]324)C(C)CC1. The quantitative estimate of drug-likeness (QED) is 0.524. The van der Waals surface area contributed by atoms with Crippen molar-refractivity contribution in [2.75, 3.05) is 0 Å². The number of hydrogen-bond donors (Lipinski definition) is 0. The zero-order valence-corrected chi connectivity index (χ0v) is 17.6. The molecular weight excluding hydrogens is 401 g/mol. The molecule has 1 fully saturated rings. The fourth-order valence-corrected chi connectivity index (χ4v) is 6.39. The summed E-state index contributed by atoms with van der Waals surface area (Å²) in [5.74, 6) is -2.25. The molecule has 2 spiro atoms. The number of halogens is 3. The van der Waals surface area contributed by atoms with Gasteiger partial charge >= 0.3 is 6.18 Å². The third kappa shape index (κ3) is 2.40. The van der Waals surface area contributed by atoms with Crippen LogP contribution in [-0.2, 0) is 9.59 Å². The van der Waals surface area contributed by atoms with Gasteiger partial charge in [-0.05, 0) is 67.1 Å². The van der Waals surface area contributed by atoms with E-state index in [1.165, 1.54) is 12.2 Å². The summed E-state index contributed by atoms with van der Waals surface area (Å²) in [5.41, 5.74) is 0.0614. The third-order valence-electron chi connectivity index (χ3n) is 7.59. The van der Waals surface area contributed by atoms with Gasteiger partial charge in [0.25, 0.3) is 0 Å². The molecular formula is C26H23F3O2. The third-order valence-corrected chi connectivity index (χ3v) is 7.59. The molecule has 4 atom stereocenters. The van der Waals surface area contributed by atoms with Crippen molar-refractivity contribution in [3.05, 3.63) is 82.0 Å².